The van der Waals surface area contributed by atoms with Crippen molar-refractivity contribution in [2.24, 2.45) is 5.14 Å². The molecule has 7 nitrogen and oxygen atoms in total. The van der Waals surface area contributed by atoms with Crippen LogP contribution in [0.15, 0.2) is 53.4 Å². The van der Waals surface area contributed by atoms with Gasteiger partial charge in [0.25, 0.3) is 0 Å². The van der Waals surface area contributed by atoms with Crippen LogP contribution in [0.4, 0.5) is 16.2 Å². The van der Waals surface area contributed by atoms with Crippen molar-refractivity contribution in [3.8, 4) is 5.75 Å². The van der Waals surface area contributed by atoms with Crippen molar-refractivity contribution in [2.45, 2.75) is 24.8 Å². The molecule has 0 bridgehead atoms. The van der Waals surface area contributed by atoms with Crippen LogP contribution in [-0.2, 0) is 10.0 Å². The number of nitrogens with one attached hydrogen (secondary N) is 2. The number of rotatable bonds is 5. The Bertz CT molecular complexity index is 817. The SMILES string of the molecule is CC(C)Oc1cccc(NC(=O)Nc2ccc(S(N)(=O)=O)cc2)c1. The Morgan fingerprint density at radius 3 is 2.25 bits per heavy atom. The van der Waals surface area contributed by atoms with E-state index in [1.165, 1.54) is 24.3 Å². The predicted molar refractivity (Wildman–Crippen MR) is 92.7 cm³/mol. The van der Waals surface area contributed by atoms with Gasteiger partial charge >= 0.3 is 6.03 Å². The first-order valence-corrected chi connectivity index (χ1v) is 8.76. The van der Waals surface area contributed by atoms with Gasteiger partial charge in [-0.1, -0.05) is 6.07 Å². The van der Waals surface area contributed by atoms with Gasteiger partial charge in [0.1, 0.15) is 5.75 Å². The molecule has 4 N–H and O–H groups in total. The zero-order valence-electron chi connectivity index (χ0n) is 13.3. The van der Waals surface area contributed by atoms with Gasteiger partial charge in [0.15, 0.2) is 0 Å². The first-order valence-electron chi connectivity index (χ1n) is 7.21. The van der Waals surface area contributed by atoms with Crippen LogP contribution in [0.3, 0.4) is 0 Å². The van der Waals surface area contributed by atoms with E-state index in [9.17, 15) is 13.2 Å². The summed E-state index contributed by atoms with van der Waals surface area (Å²) in [5, 5.41) is 10.3. The second kappa shape index (κ2) is 7.33. The fourth-order valence-corrected chi connectivity index (χ4v) is 2.46. The highest BCUT2D eigenvalue weighted by molar-refractivity contribution is 7.89. The van der Waals surface area contributed by atoms with E-state index in [2.05, 4.69) is 10.6 Å². The van der Waals surface area contributed by atoms with E-state index in [4.69, 9.17) is 9.88 Å². The lowest BCUT2D eigenvalue weighted by Gasteiger charge is -2.12. The number of carbonyl (C=O) groups is 1. The quantitative estimate of drug-likeness (QED) is 0.770. The maximum Gasteiger partial charge on any atom is 0.323 e. The molecular formula is C16H19N3O4S. The second-order valence-electron chi connectivity index (χ2n) is 5.34. The zero-order chi connectivity index (χ0) is 17.7. The lowest BCUT2D eigenvalue weighted by molar-refractivity contribution is 0.242. The van der Waals surface area contributed by atoms with Gasteiger partial charge in [0.2, 0.25) is 10.0 Å². The largest absolute Gasteiger partial charge is 0.491 e. The molecule has 2 amide bonds. The fraction of sp³-hybridized carbons (Fsp3) is 0.188. The van der Waals surface area contributed by atoms with E-state index in [-0.39, 0.29) is 11.0 Å². The molecule has 0 spiro atoms. The molecule has 0 saturated heterocycles. The van der Waals surface area contributed by atoms with Crippen molar-refractivity contribution in [1.82, 2.24) is 0 Å². The molecule has 0 unspecified atom stereocenters. The Hall–Kier alpha value is -2.58. The molecular weight excluding hydrogens is 330 g/mol. The molecule has 0 atom stereocenters. The third-order valence-electron chi connectivity index (χ3n) is 2.90. The molecule has 8 heteroatoms. The number of sulfonamides is 1. The minimum absolute atomic E-state index is 0.0213. The van der Waals surface area contributed by atoms with Crippen LogP contribution in [0.25, 0.3) is 0 Å². The van der Waals surface area contributed by atoms with Gasteiger partial charge in [-0.05, 0) is 50.2 Å². The van der Waals surface area contributed by atoms with Gasteiger partial charge in [-0.25, -0.2) is 18.4 Å². The summed E-state index contributed by atoms with van der Waals surface area (Å²) in [4.78, 5) is 12.0. The van der Waals surface area contributed by atoms with Gasteiger partial charge < -0.3 is 15.4 Å². The number of urea groups is 1. The monoisotopic (exact) mass is 349 g/mol. The van der Waals surface area contributed by atoms with Crippen molar-refractivity contribution >= 4 is 27.4 Å². The fourth-order valence-electron chi connectivity index (χ4n) is 1.94. The molecule has 0 heterocycles. The highest BCUT2D eigenvalue weighted by atomic mass is 32.2. The van der Waals surface area contributed by atoms with Crippen LogP contribution < -0.4 is 20.5 Å². The lowest BCUT2D eigenvalue weighted by atomic mass is 10.3. The summed E-state index contributed by atoms with van der Waals surface area (Å²) in [6, 6.07) is 12.1. The first kappa shape index (κ1) is 17.8. The number of anilines is 2. The van der Waals surface area contributed by atoms with Gasteiger partial charge in [0.05, 0.1) is 11.0 Å². The van der Waals surface area contributed by atoms with Crippen molar-refractivity contribution in [2.75, 3.05) is 10.6 Å². The molecule has 2 rings (SSSR count). The minimum atomic E-state index is -3.75. The van der Waals surface area contributed by atoms with Gasteiger partial charge in [-0.2, -0.15) is 0 Å². The van der Waals surface area contributed by atoms with Crippen LogP contribution in [0, 0.1) is 0 Å². The lowest BCUT2D eigenvalue weighted by Crippen LogP contribution is -2.19. The van der Waals surface area contributed by atoms with E-state index in [1.54, 1.807) is 24.3 Å². The van der Waals surface area contributed by atoms with Crippen LogP contribution in [0.2, 0.25) is 0 Å². The molecule has 128 valence electrons. The van der Waals surface area contributed by atoms with Crippen LogP contribution >= 0.6 is 0 Å². The van der Waals surface area contributed by atoms with E-state index in [0.717, 1.165) is 0 Å². The summed E-state index contributed by atoms with van der Waals surface area (Å²) in [6.07, 6.45) is 0.0337. The number of carbonyl (C=O) groups excluding carboxylic acids is 1. The van der Waals surface area contributed by atoms with E-state index in [1.807, 2.05) is 13.8 Å². The van der Waals surface area contributed by atoms with Gasteiger partial charge in [-0.3, -0.25) is 0 Å². The summed E-state index contributed by atoms with van der Waals surface area (Å²) in [5.41, 5.74) is 1.02. The summed E-state index contributed by atoms with van der Waals surface area (Å²) >= 11 is 0. The number of hydrogen-bond donors (Lipinski definition) is 3. The summed E-state index contributed by atoms with van der Waals surface area (Å²) in [7, 11) is -3.75. The molecule has 0 fully saturated rings. The Kier molecular flexibility index (Phi) is 5.42. The third kappa shape index (κ3) is 5.25. The van der Waals surface area contributed by atoms with Gasteiger partial charge in [-0.15, -0.1) is 0 Å². The average Bonchev–Trinajstić information content (AvgIpc) is 2.46. The topological polar surface area (TPSA) is 111 Å². The molecule has 0 aliphatic heterocycles. The van der Waals surface area contributed by atoms with Crippen LogP contribution in [0.1, 0.15) is 13.8 Å². The maximum absolute atomic E-state index is 12.0. The Morgan fingerprint density at radius 2 is 1.67 bits per heavy atom. The highest BCUT2D eigenvalue weighted by Crippen LogP contribution is 2.19. The predicted octanol–water partition coefficient (Wildman–Crippen LogP) is 2.77. The molecule has 24 heavy (non-hydrogen) atoms. The van der Waals surface area contributed by atoms with Crippen molar-refractivity contribution in [3.63, 3.8) is 0 Å². The summed E-state index contributed by atoms with van der Waals surface area (Å²) < 4.78 is 27.9. The standard InChI is InChI=1S/C16H19N3O4S/c1-11(2)23-14-5-3-4-13(10-14)19-16(20)18-12-6-8-15(9-7-12)24(17,21)22/h3-11H,1-2H3,(H2,17,21,22)(H2,18,19,20). The average molecular weight is 349 g/mol. The zero-order valence-corrected chi connectivity index (χ0v) is 14.1. The Morgan fingerprint density at radius 1 is 1.04 bits per heavy atom. The maximum atomic E-state index is 12.0. The number of hydrogen-bond acceptors (Lipinski definition) is 4. The smallest absolute Gasteiger partial charge is 0.323 e. The molecule has 0 aromatic heterocycles. The minimum Gasteiger partial charge on any atom is -0.491 e. The molecule has 0 saturated carbocycles. The molecule has 2 aromatic carbocycles. The van der Waals surface area contributed by atoms with Crippen LogP contribution in [0.5, 0.6) is 5.75 Å². The number of ether oxygens (including phenoxy) is 1. The highest BCUT2D eigenvalue weighted by Gasteiger charge is 2.08. The third-order valence-corrected chi connectivity index (χ3v) is 3.83. The van der Waals surface area contributed by atoms with Crippen molar-refractivity contribution in [3.05, 3.63) is 48.5 Å². The van der Waals surface area contributed by atoms with E-state index < -0.39 is 16.1 Å². The second-order valence-corrected chi connectivity index (χ2v) is 6.90. The normalized spacial score (nSPS) is 11.2. The molecule has 2 aromatic rings. The number of benzene rings is 2. The molecule has 0 radical (unpaired) electrons. The number of amides is 2. The van der Waals surface area contributed by atoms with Crippen molar-refractivity contribution < 1.29 is 17.9 Å². The molecule has 0 aliphatic rings. The molecule has 0 aliphatic carbocycles. The number of primary sulfonamides is 1. The Labute approximate surface area is 140 Å². The van der Waals surface area contributed by atoms with E-state index >= 15 is 0 Å². The number of nitrogens with two attached hydrogens (primary N) is 1. The Balaban J connectivity index is 2.00. The summed E-state index contributed by atoms with van der Waals surface area (Å²) in [6.45, 7) is 3.83. The van der Waals surface area contributed by atoms with Gasteiger partial charge in [0, 0.05) is 17.4 Å². The first-order chi connectivity index (χ1) is 11.2. The summed E-state index contributed by atoms with van der Waals surface area (Å²) in [5.74, 6) is 0.653. The van der Waals surface area contributed by atoms with Crippen molar-refractivity contribution in [1.29, 1.82) is 0 Å². The van der Waals surface area contributed by atoms with E-state index in [0.29, 0.717) is 17.1 Å². The van der Waals surface area contributed by atoms with Crippen LogP contribution in [-0.4, -0.2) is 20.6 Å².